The van der Waals surface area contributed by atoms with E-state index in [-0.39, 0.29) is 17.2 Å². The summed E-state index contributed by atoms with van der Waals surface area (Å²) in [7, 11) is 0. The van der Waals surface area contributed by atoms with Crippen LogP contribution in [-0.2, 0) is 4.79 Å². The van der Waals surface area contributed by atoms with Crippen molar-refractivity contribution in [2.24, 2.45) is 0 Å². The molecular weight excluding hydrogens is 594 g/mol. The first-order chi connectivity index (χ1) is 20.3. The highest BCUT2D eigenvalue weighted by molar-refractivity contribution is 8.01. The van der Waals surface area contributed by atoms with Gasteiger partial charge in [0, 0.05) is 28.0 Å². The second kappa shape index (κ2) is 12.7. The fraction of sp³-hybridized carbons (Fsp3) is 0. The van der Waals surface area contributed by atoms with Crippen molar-refractivity contribution in [3.8, 4) is 6.07 Å². The number of carbonyl (C=O) groups is 2. The van der Waals surface area contributed by atoms with Gasteiger partial charge in [-0.05, 0) is 72.3 Å². The molecule has 4 aromatic carbocycles. The summed E-state index contributed by atoms with van der Waals surface area (Å²) in [5.74, 6) is -0.893. The fourth-order valence-corrected chi connectivity index (χ4v) is 6.09. The third kappa shape index (κ3) is 6.82. The number of aromatic nitrogens is 1. The van der Waals surface area contributed by atoms with Crippen molar-refractivity contribution in [3.63, 3.8) is 0 Å². The number of rotatable bonds is 8. The molecule has 0 fully saturated rings. The summed E-state index contributed by atoms with van der Waals surface area (Å²) >= 11 is 8.33. The van der Waals surface area contributed by atoms with E-state index in [4.69, 9.17) is 11.6 Å². The molecule has 5 rings (SSSR count). The average Bonchev–Trinajstić information content (AvgIpc) is 3.39. The lowest BCUT2D eigenvalue weighted by molar-refractivity contribution is -0.387. The van der Waals surface area contributed by atoms with Crippen LogP contribution in [0.15, 0.2) is 106 Å². The lowest BCUT2D eigenvalue weighted by Gasteiger charge is -2.05. The molecule has 42 heavy (non-hydrogen) atoms. The molecule has 2 amide bonds. The normalized spacial score (nSPS) is 11.1. The largest absolute Gasteiger partial charge is 0.322 e. The molecule has 12 heteroatoms. The Balaban J connectivity index is 1.34. The predicted molar refractivity (Wildman–Crippen MR) is 165 cm³/mol. The van der Waals surface area contributed by atoms with Gasteiger partial charge < -0.3 is 10.6 Å². The average molecular weight is 612 g/mol. The highest BCUT2D eigenvalue weighted by Gasteiger charge is 2.19. The molecular formula is C30H18ClN5O4S2. The number of amides is 2. The van der Waals surface area contributed by atoms with Crippen LogP contribution in [0, 0.1) is 21.4 Å². The third-order valence-corrected chi connectivity index (χ3v) is 8.21. The molecule has 0 aliphatic rings. The van der Waals surface area contributed by atoms with Crippen molar-refractivity contribution in [2.75, 3.05) is 10.6 Å². The Morgan fingerprint density at radius 3 is 2.43 bits per heavy atom. The van der Waals surface area contributed by atoms with Crippen molar-refractivity contribution < 1.29 is 14.5 Å². The summed E-state index contributed by atoms with van der Waals surface area (Å²) in [5.41, 5.74) is 2.18. The standard InChI is InChI=1S/C30H18ClN5O4S2/c31-21-7-9-22(10-8-21)33-29(38)20(17-32)14-18-6-13-26(25(15-18)36(39)40)41-30-35-24-12-11-23(16-27(24)42-30)34-28(37)19-4-2-1-3-5-19/h1-16H,(H,33,38)(H,34,37)/b20-14+. The van der Waals surface area contributed by atoms with Gasteiger partial charge in [0.05, 0.1) is 20.0 Å². The van der Waals surface area contributed by atoms with Gasteiger partial charge in [0.15, 0.2) is 4.34 Å². The summed E-state index contributed by atoms with van der Waals surface area (Å²) in [6, 6.07) is 26.8. The summed E-state index contributed by atoms with van der Waals surface area (Å²) in [6.45, 7) is 0. The first-order valence-electron chi connectivity index (χ1n) is 12.2. The van der Waals surface area contributed by atoms with Gasteiger partial charge in [0.2, 0.25) is 0 Å². The summed E-state index contributed by atoms with van der Waals surface area (Å²) in [4.78, 5) is 41.4. The van der Waals surface area contributed by atoms with Gasteiger partial charge in [-0.2, -0.15) is 5.26 Å². The highest BCUT2D eigenvalue weighted by Crippen LogP contribution is 2.40. The van der Waals surface area contributed by atoms with Gasteiger partial charge >= 0.3 is 0 Å². The number of fused-ring (bicyclic) bond motifs is 1. The lowest BCUT2D eigenvalue weighted by Crippen LogP contribution is -2.13. The Morgan fingerprint density at radius 1 is 0.976 bits per heavy atom. The number of halogens is 1. The molecule has 0 aliphatic heterocycles. The number of nitro benzene ring substituents is 1. The van der Waals surface area contributed by atoms with Crippen molar-refractivity contribution in [1.82, 2.24) is 4.98 Å². The zero-order valence-electron chi connectivity index (χ0n) is 21.4. The minimum absolute atomic E-state index is 0.195. The number of carbonyl (C=O) groups excluding carboxylic acids is 2. The van der Waals surface area contributed by atoms with E-state index in [9.17, 15) is 25.0 Å². The number of nitrogens with one attached hydrogen (secondary N) is 2. The van der Waals surface area contributed by atoms with Crippen LogP contribution in [0.2, 0.25) is 5.02 Å². The number of nitriles is 1. The van der Waals surface area contributed by atoms with Crippen LogP contribution in [0.4, 0.5) is 17.1 Å². The minimum atomic E-state index is -0.658. The van der Waals surface area contributed by atoms with Crippen LogP contribution in [0.3, 0.4) is 0 Å². The smallest absolute Gasteiger partial charge is 0.283 e. The number of nitrogens with zero attached hydrogens (tertiary/aromatic N) is 3. The van der Waals surface area contributed by atoms with Crippen LogP contribution in [-0.4, -0.2) is 21.7 Å². The van der Waals surface area contributed by atoms with Gasteiger partial charge in [-0.3, -0.25) is 19.7 Å². The molecule has 0 radical (unpaired) electrons. The molecule has 5 aromatic rings. The zero-order chi connectivity index (χ0) is 29.6. The van der Waals surface area contributed by atoms with E-state index >= 15 is 0 Å². The topological polar surface area (TPSA) is 138 Å². The van der Waals surface area contributed by atoms with E-state index in [1.54, 1.807) is 78.9 Å². The molecule has 206 valence electrons. The van der Waals surface area contributed by atoms with E-state index < -0.39 is 10.8 Å². The van der Waals surface area contributed by atoms with Gasteiger partial charge in [0.25, 0.3) is 17.5 Å². The first-order valence-corrected chi connectivity index (χ1v) is 14.2. The Kier molecular flexibility index (Phi) is 8.59. The quantitative estimate of drug-likeness (QED) is 0.0789. The Morgan fingerprint density at radius 2 is 1.71 bits per heavy atom. The monoisotopic (exact) mass is 611 g/mol. The number of anilines is 2. The van der Waals surface area contributed by atoms with Gasteiger partial charge in [-0.15, -0.1) is 11.3 Å². The van der Waals surface area contributed by atoms with Crippen LogP contribution >= 0.6 is 34.7 Å². The maximum atomic E-state index is 12.6. The van der Waals surface area contributed by atoms with Crippen molar-refractivity contribution >= 4 is 79.9 Å². The van der Waals surface area contributed by atoms with Crippen molar-refractivity contribution in [2.45, 2.75) is 9.24 Å². The molecule has 0 spiro atoms. The van der Waals surface area contributed by atoms with Gasteiger partial charge in [-0.1, -0.05) is 47.6 Å². The molecule has 0 saturated heterocycles. The number of benzene rings is 4. The number of hydrogen-bond donors (Lipinski definition) is 2. The summed E-state index contributed by atoms with van der Waals surface area (Å²) in [5, 5.41) is 27.4. The number of nitro groups is 1. The minimum Gasteiger partial charge on any atom is -0.322 e. The molecule has 1 aromatic heterocycles. The van der Waals surface area contributed by atoms with Crippen molar-refractivity contribution in [1.29, 1.82) is 5.26 Å². The summed E-state index contributed by atoms with van der Waals surface area (Å²) < 4.78 is 1.37. The highest BCUT2D eigenvalue weighted by atomic mass is 35.5. The van der Waals surface area contributed by atoms with E-state index in [0.717, 1.165) is 16.5 Å². The van der Waals surface area contributed by atoms with E-state index in [2.05, 4.69) is 15.6 Å². The fourth-order valence-electron chi connectivity index (χ4n) is 3.81. The van der Waals surface area contributed by atoms with Crippen LogP contribution in [0.25, 0.3) is 16.3 Å². The summed E-state index contributed by atoms with van der Waals surface area (Å²) in [6.07, 6.45) is 1.29. The molecule has 0 bridgehead atoms. The lowest BCUT2D eigenvalue weighted by atomic mass is 10.1. The molecule has 0 atom stereocenters. The number of hydrogen-bond acceptors (Lipinski definition) is 8. The van der Waals surface area contributed by atoms with Gasteiger partial charge in [0.1, 0.15) is 11.6 Å². The molecule has 0 aliphatic carbocycles. The first kappa shape index (κ1) is 28.5. The van der Waals surface area contributed by atoms with Gasteiger partial charge in [-0.25, -0.2) is 4.98 Å². The molecule has 2 N–H and O–H groups in total. The molecule has 0 unspecified atom stereocenters. The number of thiazole rings is 1. The second-order valence-corrected chi connectivity index (χ2v) is 11.5. The SMILES string of the molecule is N#C/C(=C\c1ccc(Sc2nc3ccc(NC(=O)c4ccccc4)cc3s2)c([N+](=O)[O-])c1)C(=O)Nc1ccc(Cl)cc1. The van der Waals surface area contributed by atoms with E-state index in [1.165, 1.54) is 23.5 Å². The van der Waals surface area contributed by atoms with E-state index in [0.29, 0.717) is 42.3 Å². The Bertz CT molecular complexity index is 1900. The maximum absolute atomic E-state index is 12.6. The maximum Gasteiger partial charge on any atom is 0.283 e. The van der Waals surface area contributed by atoms with Crippen LogP contribution in [0.5, 0.6) is 0 Å². The van der Waals surface area contributed by atoms with E-state index in [1.807, 2.05) is 12.1 Å². The van der Waals surface area contributed by atoms with Crippen molar-refractivity contribution in [3.05, 3.63) is 123 Å². The molecule has 9 nitrogen and oxygen atoms in total. The Hall–Kier alpha value is -5.02. The zero-order valence-corrected chi connectivity index (χ0v) is 23.8. The third-order valence-electron chi connectivity index (χ3n) is 5.82. The molecule has 1 heterocycles. The van der Waals surface area contributed by atoms with Crippen LogP contribution in [0.1, 0.15) is 15.9 Å². The second-order valence-electron chi connectivity index (χ2n) is 8.70. The van der Waals surface area contributed by atoms with Crippen LogP contribution < -0.4 is 10.6 Å². The predicted octanol–water partition coefficient (Wildman–Crippen LogP) is 7.81. The molecule has 0 saturated carbocycles. The Labute approximate surface area is 252 Å².